The number of nitriles is 1. The summed E-state index contributed by atoms with van der Waals surface area (Å²) >= 11 is 0. The molecule has 6 rings (SSSR count). The number of aromatic nitrogens is 2. The second-order valence-electron chi connectivity index (χ2n) is 13.3. The number of hydrogen-bond donors (Lipinski definition) is 4. The lowest BCUT2D eigenvalue weighted by atomic mass is 9.49. The molecule has 1 atom stereocenters. The molecule has 0 saturated heterocycles. The summed E-state index contributed by atoms with van der Waals surface area (Å²) in [5.41, 5.74) is 11.0. The van der Waals surface area contributed by atoms with Crippen LogP contribution in [0.3, 0.4) is 0 Å². The average Bonchev–Trinajstić information content (AvgIpc) is 2.88. The Balaban J connectivity index is 1.63. The van der Waals surface area contributed by atoms with Crippen molar-refractivity contribution >= 4 is 34.4 Å². The number of aryl methyl sites for hydroxylation is 2. The maximum absolute atomic E-state index is 13.0. The summed E-state index contributed by atoms with van der Waals surface area (Å²) in [6.07, 6.45) is 13.7. The van der Waals surface area contributed by atoms with E-state index in [9.17, 15) is 10.1 Å². The first-order chi connectivity index (χ1) is 20.3. The highest BCUT2D eigenvalue weighted by Crippen LogP contribution is 2.59. The van der Waals surface area contributed by atoms with Gasteiger partial charge in [0, 0.05) is 48.5 Å². The fraction of sp³-hybridized carbons (Fsp3) is 0.382. The monoisotopic (exact) mass is 578 g/mol. The van der Waals surface area contributed by atoms with Crippen LogP contribution >= 0.6 is 0 Å². The van der Waals surface area contributed by atoms with Gasteiger partial charge in [0.25, 0.3) is 5.56 Å². The first-order valence-corrected chi connectivity index (χ1v) is 14.7. The summed E-state index contributed by atoms with van der Waals surface area (Å²) in [5.74, 6) is 7.30. The van der Waals surface area contributed by atoms with Crippen molar-refractivity contribution in [3.63, 3.8) is 0 Å². The van der Waals surface area contributed by atoms with Crippen molar-refractivity contribution in [2.75, 3.05) is 17.2 Å². The van der Waals surface area contributed by atoms with E-state index in [1.807, 2.05) is 37.4 Å². The van der Waals surface area contributed by atoms with Crippen molar-refractivity contribution < 1.29 is 0 Å². The van der Waals surface area contributed by atoms with Gasteiger partial charge in [-0.2, -0.15) is 5.26 Å². The van der Waals surface area contributed by atoms with Crippen LogP contribution in [0.25, 0.3) is 23.1 Å². The highest BCUT2D eigenvalue weighted by molar-refractivity contribution is 5.97. The molecule has 2 heterocycles. The second-order valence-corrected chi connectivity index (χ2v) is 13.3. The molecule has 1 unspecified atom stereocenters. The Morgan fingerprint density at radius 2 is 2.07 bits per heavy atom. The average molecular weight is 579 g/mol. The highest BCUT2D eigenvalue weighted by Gasteiger charge is 2.59. The Morgan fingerprint density at radius 3 is 2.67 bits per heavy atom. The largest absolute Gasteiger partial charge is 0.399 e. The first-order valence-electron chi connectivity index (χ1n) is 14.7. The van der Waals surface area contributed by atoms with Crippen molar-refractivity contribution in [3.05, 3.63) is 87.1 Å². The zero-order chi connectivity index (χ0) is 31.1. The number of hydrazine groups is 1. The number of nitrogens with one attached hydrogen (secondary N) is 2. The zero-order valence-electron chi connectivity index (χ0n) is 25.7. The molecular formula is C34H42N8O. The fourth-order valence-electron chi connectivity index (χ4n) is 5.99. The van der Waals surface area contributed by atoms with E-state index in [1.54, 1.807) is 36.6 Å². The molecule has 3 aliphatic carbocycles. The third-order valence-electron chi connectivity index (χ3n) is 8.57. The fourth-order valence-corrected chi connectivity index (χ4v) is 5.99. The third-order valence-corrected chi connectivity index (χ3v) is 8.57. The third kappa shape index (κ3) is 5.88. The van der Waals surface area contributed by atoms with Gasteiger partial charge in [-0.3, -0.25) is 9.78 Å². The number of nitrogens with two attached hydrogens (primary N) is 2. The molecule has 9 heteroatoms. The molecule has 0 spiro atoms. The molecule has 2 aromatic heterocycles. The van der Waals surface area contributed by atoms with Gasteiger partial charge < -0.3 is 25.9 Å². The summed E-state index contributed by atoms with van der Waals surface area (Å²) in [6, 6.07) is 7.70. The minimum Gasteiger partial charge on any atom is -0.399 e. The van der Waals surface area contributed by atoms with Crippen molar-refractivity contribution in [1.29, 1.82) is 5.26 Å². The van der Waals surface area contributed by atoms with Crippen LogP contribution in [0.4, 0.5) is 11.4 Å². The molecule has 0 aliphatic heterocycles. The molecule has 0 radical (unpaired) electrons. The van der Waals surface area contributed by atoms with E-state index in [4.69, 9.17) is 11.6 Å². The summed E-state index contributed by atoms with van der Waals surface area (Å²) in [7, 11) is 1.72. The number of nitrogens with zero attached hydrogens (tertiary/aromatic N) is 4. The predicted octanol–water partition coefficient (Wildman–Crippen LogP) is 3.33. The van der Waals surface area contributed by atoms with Gasteiger partial charge in [-0.15, -0.1) is 0 Å². The Bertz CT molecular complexity index is 1820. The highest BCUT2D eigenvalue weighted by atomic mass is 16.1. The SMILES string of the molecule is C=C/C=c1/c(=O)n(C)cc/c1=C\C(Nc1cc(C)c2ncc(C#N)c(NCC(C)(C)C)c2c1)/C(N)=C/N(N)C12CC(C1)C2. The Hall–Kier alpha value is -4.55. The molecule has 3 fully saturated rings. The van der Waals surface area contributed by atoms with Gasteiger partial charge in [-0.05, 0) is 78.7 Å². The van der Waals surface area contributed by atoms with Gasteiger partial charge >= 0.3 is 0 Å². The maximum atomic E-state index is 13.0. The Kier molecular flexibility index (Phi) is 7.84. The second kappa shape index (κ2) is 11.3. The van der Waals surface area contributed by atoms with Crippen molar-refractivity contribution in [2.24, 2.45) is 30.0 Å². The molecule has 1 aromatic carbocycles. The quantitative estimate of drug-likeness (QED) is 0.224. The van der Waals surface area contributed by atoms with E-state index in [0.29, 0.717) is 23.0 Å². The van der Waals surface area contributed by atoms with E-state index in [-0.39, 0.29) is 16.5 Å². The summed E-state index contributed by atoms with van der Waals surface area (Å²) in [4.78, 5) is 17.6. The molecule has 0 amide bonds. The molecule has 224 valence electrons. The minimum atomic E-state index is -0.502. The molecule has 43 heavy (non-hydrogen) atoms. The van der Waals surface area contributed by atoms with Crippen LogP contribution in [0.15, 0.2) is 59.9 Å². The van der Waals surface area contributed by atoms with Gasteiger partial charge in [-0.1, -0.05) is 33.4 Å². The van der Waals surface area contributed by atoms with E-state index in [0.717, 1.165) is 58.2 Å². The zero-order valence-corrected chi connectivity index (χ0v) is 25.7. The molecule has 3 saturated carbocycles. The molecule has 3 aromatic rings. The van der Waals surface area contributed by atoms with E-state index >= 15 is 0 Å². The Labute approximate surface area is 252 Å². The first kappa shape index (κ1) is 29.9. The van der Waals surface area contributed by atoms with Crippen LogP contribution in [0.5, 0.6) is 0 Å². The van der Waals surface area contributed by atoms with Gasteiger partial charge in [0.2, 0.25) is 0 Å². The number of rotatable bonds is 9. The lowest BCUT2D eigenvalue weighted by molar-refractivity contribution is -0.124. The van der Waals surface area contributed by atoms with Crippen molar-refractivity contribution in [2.45, 2.75) is 58.5 Å². The number of benzene rings is 1. The lowest BCUT2D eigenvalue weighted by Gasteiger charge is -2.65. The molecular weight excluding hydrogens is 536 g/mol. The maximum Gasteiger partial charge on any atom is 0.258 e. The van der Waals surface area contributed by atoms with Crippen LogP contribution in [0.1, 0.15) is 51.2 Å². The summed E-state index contributed by atoms with van der Waals surface area (Å²) in [5, 5.41) is 20.8. The molecule has 9 nitrogen and oxygen atoms in total. The molecule has 6 N–H and O–H groups in total. The number of fused-ring (bicyclic) bond motifs is 1. The predicted molar refractivity (Wildman–Crippen MR) is 175 cm³/mol. The summed E-state index contributed by atoms with van der Waals surface area (Å²) < 4.78 is 1.54. The lowest BCUT2D eigenvalue weighted by Crippen LogP contribution is -2.68. The van der Waals surface area contributed by atoms with Gasteiger partial charge in [0.15, 0.2) is 0 Å². The van der Waals surface area contributed by atoms with E-state index < -0.39 is 6.04 Å². The van der Waals surface area contributed by atoms with E-state index in [1.165, 1.54) is 4.57 Å². The van der Waals surface area contributed by atoms with Gasteiger partial charge in [0.1, 0.15) is 6.07 Å². The summed E-state index contributed by atoms with van der Waals surface area (Å²) in [6.45, 7) is 12.9. The topological polar surface area (TPSA) is 138 Å². The number of allylic oxidation sites excluding steroid dienone is 1. The Morgan fingerprint density at radius 1 is 1.35 bits per heavy atom. The van der Waals surface area contributed by atoms with Crippen LogP contribution in [-0.2, 0) is 7.05 Å². The van der Waals surface area contributed by atoms with Crippen LogP contribution < -0.4 is 38.2 Å². The smallest absolute Gasteiger partial charge is 0.258 e. The van der Waals surface area contributed by atoms with Crippen molar-refractivity contribution in [3.8, 4) is 6.07 Å². The number of pyridine rings is 2. The number of anilines is 2. The van der Waals surface area contributed by atoms with Crippen LogP contribution in [0.2, 0.25) is 0 Å². The van der Waals surface area contributed by atoms with E-state index in [2.05, 4.69) is 49.0 Å². The minimum absolute atomic E-state index is 0.00315. The number of hydrogen-bond acceptors (Lipinski definition) is 8. The molecule has 3 aliphatic rings. The van der Waals surface area contributed by atoms with Gasteiger partial charge in [-0.25, -0.2) is 5.84 Å². The van der Waals surface area contributed by atoms with Crippen LogP contribution in [-0.4, -0.2) is 32.7 Å². The molecule has 2 bridgehead atoms. The van der Waals surface area contributed by atoms with Crippen molar-refractivity contribution in [1.82, 2.24) is 14.6 Å². The standard InChI is InChI=1S/C34H42N8O/c1-7-8-26-23(9-10-41(6)32(26)43)12-29(28(36)19-42(37)34-14-22(15-34)16-34)40-25-11-21(2)30-27(13-25)31(24(17-35)18-38-30)39-20-33(3,4)5/h7-13,18-19,22,29,40H,1,14-16,20,36-37H2,2-6H3,(H,38,39)/b23-12+,26-8+,28-19-. The van der Waals surface area contributed by atoms with Gasteiger partial charge in [0.05, 0.1) is 34.0 Å². The van der Waals surface area contributed by atoms with Crippen LogP contribution in [0, 0.1) is 29.6 Å². The normalized spacial score (nSPS) is 21.0.